The van der Waals surface area contributed by atoms with Gasteiger partial charge in [-0.25, -0.2) is 8.78 Å². The fraction of sp³-hybridized carbons (Fsp3) is 0.300. The molecule has 0 aliphatic carbocycles. The van der Waals surface area contributed by atoms with Crippen LogP contribution >= 0.6 is 12.3 Å². The van der Waals surface area contributed by atoms with E-state index in [0.29, 0.717) is 11.8 Å². The van der Waals surface area contributed by atoms with E-state index >= 15 is 0 Å². The van der Waals surface area contributed by atoms with Crippen molar-refractivity contribution < 1.29 is 12.7 Å². The topological polar surface area (TPSA) is 17.8 Å². The Hall–Kier alpha value is -1.17. The van der Waals surface area contributed by atoms with E-state index in [0.717, 1.165) is 10.2 Å². The van der Waals surface area contributed by atoms with Gasteiger partial charge >= 0.3 is 0 Å². The second-order valence-electron chi connectivity index (χ2n) is 2.81. The molecule has 0 saturated carbocycles. The van der Waals surface area contributed by atoms with Gasteiger partial charge in [-0.05, 0) is 13.0 Å². The summed E-state index contributed by atoms with van der Waals surface area (Å²) in [5.74, 6) is -1.51. The van der Waals surface area contributed by atoms with Gasteiger partial charge in [0.2, 0.25) is 0 Å². The van der Waals surface area contributed by atoms with Crippen molar-refractivity contribution in [3.63, 3.8) is 0 Å². The average molecular weight is 248 g/mol. The molecule has 0 atom stereocenters. The van der Waals surface area contributed by atoms with Crippen LogP contribution < -0.4 is 0 Å². The van der Waals surface area contributed by atoms with E-state index in [4.69, 9.17) is 0 Å². The van der Waals surface area contributed by atoms with E-state index < -0.39 is 11.6 Å². The molecule has 0 saturated heterocycles. The van der Waals surface area contributed by atoms with Gasteiger partial charge in [0.15, 0.2) is 18.2 Å². The number of fused-ring (bicyclic) bond motifs is 1. The average Bonchev–Trinajstić information content (AvgIpc) is 2.59. The summed E-state index contributed by atoms with van der Waals surface area (Å²) in [5, 5.41) is 3.99. The molecule has 0 amide bonds. The van der Waals surface area contributed by atoms with Gasteiger partial charge in [-0.1, -0.05) is 13.8 Å². The Morgan fingerprint density at radius 3 is 2.44 bits per heavy atom. The molecule has 2 nitrogen and oxygen atoms in total. The number of aryl methyl sites for hydroxylation is 1. The first kappa shape index (κ1) is 12.9. The number of aromatic nitrogens is 2. The van der Waals surface area contributed by atoms with Gasteiger partial charge in [-0.2, -0.15) is 9.19 Å². The molecule has 0 aliphatic heterocycles. The quantitative estimate of drug-likeness (QED) is 0.758. The SMILES string of the molecule is CC.Cc1nn(SF)c2c(F)cc(F)cc12. The fourth-order valence-electron chi connectivity index (χ4n) is 1.33. The fourth-order valence-corrected chi connectivity index (χ4v) is 1.73. The number of benzene rings is 1. The predicted molar refractivity (Wildman–Crippen MR) is 59.8 cm³/mol. The summed E-state index contributed by atoms with van der Waals surface area (Å²) >= 11 is -0.218. The van der Waals surface area contributed by atoms with E-state index in [1.165, 1.54) is 0 Å². The van der Waals surface area contributed by atoms with Crippen molar-refractivity contribution in [3.8, 4) is 0 Å². The highest BCUT2D eigenvalue weighted by atomic mass is 32.2. The van der Waals surface area contributed by atoms with Crippen molar-refractivity contribution >= 4 is 23.2 Å². The van der Waals surface area contributed by atoms with Crippen molar-refractivity contribution in [3.05, 3.63) is 29.5 Å². The largest absolute Gasteiger partial charge is 0.207 e. The second-order valence-corrected chi connectivity index (χ2v) is 3.30. The highest BCUT2D eigenvalue weighted by molar-refractivity contribution is 7.92. The predicted octanol–water partition coefficient (Wildman–Crippen LogP) is 4.03. The van der Waals surface area contributed by atoms with Crippen LogP contribution in [0.15, 0.2) is 12.1 Å². The third-order valence-corrected chi connectivity index (χ3v) is 2.31. The van der Waals surface area contributed by atoms with Gasteiger partial charge in [0.1, 0.15) is 11.3 Å². The smallest absolute Gasteiger partial charge is 0.188 e. The highest BCUT2D eigenvalue weighted by Crippen LogP contribution is 2.25. The van der Waals surface area contributed by atoms with Gasteiger partial charge < -0.3 is 0 Å². The van der Waals surface area contributed by atoms with Crippen LogP contribution in [0, 0.1) is 18.6 Å². The van der Waals surface area contributed by atoms with Crippen LogP contribution in [0.2, 0.25) is 0 Å². The lowest BCUT2D eigenvalue weighted by molar-refractivity contribution is 0.589. The molecular formula is C10H11F3N2S. The summed E-state index contributed by atoms with van der Waals surface area (Å²) in [5.41, 5.74) is 0.361. The molecule has 1 heterocycles. The monoisotopic (exact) mass is 248 g/mol. The number of rotatable bonds is 1. The maximum absolute atomic E-state index is 13.2. The van der Waals surface area contributed by atoms with E-state index in [-0.39, 0.29) is 23.2 Å². The maximum atomic E-state index is 13.2. The van der Waals surface area contributed by atoms with Crippen LogP contribution in [-0.4, -0.2) is 9.19 Å². The molecule has 0 radical (unpaired) electrons. The molecule has 16 heavy (non-hydrogen) atoms. The summed E-state index contributed by atoms with van der Waals surface area (Å²) in [6.07, 6.45) is 0. The molecule has 0 aliphatic rings. The van der Waals surface area contributed by atoms with Crippen LogP contribution in [0.5, 0.6) is 0 Å². The molecule has 6 heteroatoms. The van der Waals surface area contributed by atoms with Crippen molar-refractivity contribution in [2.45, 2.75) is 20.8 Å². The van der Waals surface area contributed by atoms with Gasteiger partial charge in [0.05, 0.1) is 5.69 Å². The van der Waals surface area contributed by atoms with Crippen LogP contribution in [0.25, 0.3) is 10.9 Å². The van der Waals surface area contributed by atoms with Crippen LogP contribution in [-0.2, 0) is 0 Å². The second kappa shape index (κ2) is 5.25. The Labute approximate surface area is 95.9 Å². The Morgan fingerprint density at radius 1 is 1.25 bits per heavy atom. The third-order valence-electron chi connectivity index (χ3n) is 1.92. The summed E-state index contributed by atoms with van der Waals surface area (Å²) < 4.78 is 39.1. The zero-order chi connectivity index (χ0) is 12.3. The van der Waals surface area contributed by atoms with Crippen molar-refractivity contribution in [1.82, 2.24) is 9.19 Å². The molecule has 0 fully saturated rings. The van der Waals surface area contributed by atoms with Crippen molar-refractivity contribution in [1.29, 1.82) is 0 Å². The first-order chi connectivity index (χ1) is 7.63. The number of halogens is 3. The Kier molecular flexibility index (Phi) is 4.23. The van der Waals surface area contributed by atoms with Gasteiger partial charge in [0, 0.05) is 11.5 Å². The first-order valence-electron chi connectivity index (χ1n) is 4.77. The minimum absolute atomic E-state index is 0.0311. The molecule has 2 rings (SSSR count). The van der Waals surface area contributed by atoms with E-state index in [9.17, 15) is 12.7 Å². The lowest BCUT2D eigenvalue weighted by Crippen LogP contribution is -1.89. The molecule has 88 valence electrons. The van der Waals surface area contributed by atoms with Crippen molar-refractivity contribution in [2.24, 2.45) is 0 Å². The minimum Gasteiger partial charge on any atom is -0.207 e. The van der Waals surface area contributed by atoms with Gasteiger partial charge in [-0.15, -0.1) is 3.89 Å². The number of hydrogen-bond acceptors (Lipinski definition) is 2. The van der Waals surface area contributed by atoms with Crippen LogP contribution in [0.3, 0.4) is 0 Å². The minimum atomic E-state index is -0.814. The van der Waals surface area contributed by atoms with Crippen LogP contribution in [0.1, 0.15) is 19.5 Å². The number of hydrogen-bond donors (Lipinski definition) is 0. The molecule has 0 spiro atoms. The molecule has 2 aromatic rings. The van der Waals surface area contributed by atoms with Gasteiger partial charge in [0.25, 0.3) is 0 Å². The highest BCUT2D eigenvalue weighted by Gasteiger charge is 2.14. The Balaban J connectivity index is 0.000000606. The van der Waals surface area contributed by atoms with Crippen molar-refractivity contribution in [2.75, 3.05) is 0 Å². The standard InChI is InChI=1S/C8H5F3N2S.C2H6/c1-4-6-2-5(9)3-7(10)8(6)13(12-4)14-11;1-2/h2-3H,1H3;1-2H3. The maximum Gasteiger partial charge on any atom is 0.188 e. The third kappa shape index (κ3) is 2.16. The lowest BCUT2D eigenvalue weighted by atomic mass is 10.2. The zero-order valence-corrected chi connectivity index (χ0v) is 9.91. The molecular weight excluding hydrogens is 237 g/mol. The molecule has 0 unspecified atom stereocenters. The number of nitrogens with zero attached hydrogens (tertiary/aromatic N) is 2. The Morgan fingerprint density at radius 2 is 1.88 bits per heavy atom. The summed E-state index contributed by atoms with van der Waals surface area (Å²) in [6.45, 7) is 5.56. The molecule has 1 aromatic carbocycles. The lowest BCUT2D eigenvalue weighted by Gasteiger charge is -1.96. The zero-order valence-electron chi connectivity index (χ0n) is 9.09. The molecule has 1 aromatic heterocycles. The molecule has 0 N–H and O–H groups in total. The van der Waals surface area contributed by atoms with E-state index in [2.05, 4.69) is 5.10 Å². The summed E-state index contributed by atoms with van der Waals surface area (Å²) in [7, 11) is 0. The summed E-state index contributed by atoms with van der Waals surface area (Å²) in [6, 6.07) is 1.84. The normalized spacial score (nSPS) is 10.1. The Bertz CT molecular complexity index is 496. The molecule has 0 bridgehead atoms. The van der Waals surface area contributed by atoms with E-state index in [1.54, 1.807) is 6.92 Å². The van der Waals surface area contributed by atoms with E-state index in [1.807, 2.05) is 13.8 Å². The summed E-state index contributed by atoms with van der Waals surface area (Å²) in [4.78, 5) is 0. The van der Waals surface area contributed by atoms with Gasteiger partial charge in [-0.3, -0.25) is 0 Å². The van der Waals surface area contributed by atoms with Crippen LogP contribution in [0.4, 0.5) is 12.7 Å². The first-order valence-corrected chi connectivity index (χ1v) is 5.44.